The molecule has 1 heterocycles. The minimum Gasteiger partial charge on any atom is -0.111 e. The van der Waals surface area contributed by atoms with Crippen molar-refractivity contribution in [1.29, 1.82) is 0 Å². The lowest BCUT2D eigenvalue weighted by molar-refractivity contribution is 1.19. The summed E-state index contributed by atoms with van der Waals surface area (Å²) in [5, 5.41) is 0.727. The Morgan fingerprint density at radius 2 is 1.82 bits per heavy atom. The third-order valence-electron chi connectivity index (χ3n) is 2.39. The highest BCUT2D eigenvalue weighted by Gasteiger charge is 2.18. The zero-order chi connectivity index (χ0) is 12.6. The molecule has 0 aliphatic heterocycles. The molecule has 5 heteroatoms. The first-order chi connectivity index (χ1) is 7.99. The topological polar surface area (TPSA) is 0 Å². The van der Waals surface area contributed by atoms with Crippen LogP contribution in [-0.2, 0) is 0 Å². The maximum atomic E-state index is 6.23. The molecule has 2 rings (SSSR count). The highest BCUT2D eigenvalue weighted by Crippen LogP contribution is 2.43. The second kappa shape index (κ2) is 5.50. The number of alkyl halides is 1. The molecule has 0 spiro atoms. The molecule has 1 unspecified atom stereocenters. The third kappa shape index (κ3) is 2.99. The monoisotopic (exact) mass is 368 g/mol. The maximum absolute atomic E-state index is 6.23. The molecule has 2 aromatic rings. The normalized spacial score (nSPS) is 12.8. The molecule has 17 heavy (non-hydrogen) atoms. The lowest BCUT2D eigenvalue weighted by Crippen LogP contribution is -1.93. The van der Waals surface area contributed by atoms with E-state index in [1.54, 1.807) is 0 Å². The number of benzene rings is 1. The van der Waals surface area contributed by atoms with Crippen LogP contribution in [-0.4, -0.2) is 0 Å². The lowest BCUT2D eigenvalue weighted by Gasteiger charge is -2.12. The number of rotatable bonds is 2. The summed E-state index contributed by atoms with van der Waals surface area (Å²) in [5.74, 6) is 0. The Morgan fingerprint density at radius 3 is 2.35 bits per heavy atom. The van der Waals surface area contributed by atoms with Crippen molar-refractivity contribution in [3.05, 3.63) is 54.7 Å². The summed E-state index contributed by atoms with van der Waals surface area (Å²) in [5.41, 5.74) is 3.08. The van der Waals surface area contributed by atoms with Crippen molar-refractivity contribution in [2.75, 3.05) is 0 Å². The van der Waals surface area contributed by atoms with Crippen LogP contribution in [0.1, 0.15) is 21.5 Å². The molecule has 1 aromatic carbocycles. The number of hydrogen-bond acceptors (Lipinski definition) is 1. The molecule has 1 aromatic heterocycles. The smallest absolute Gasteiger partial charge is 0.0990 e. The Labute approximate surface area is 128 Å². The van der Waals surface area contributed by atoms with Crippen LogP contribution in [0.3, 0.4) is 0 Å². The molecule has 0 bridgehead atoms. The number of hydrogen-bond donors (Lipinski definition) is 0. The summed E-state index contributed by atoms with van der Waals surface area (Å²) in [6.07, 6.45) is 0. The van der Waals surface area contributed by atoms with E-state index in [9.17, 15) is 0 Å². The second-order valence-corrected chi connectivity index (χ2v) is 7.28. The molecule has 0 amide bonds. The SMILES string of the molecule is Cc1ccc(C(Br)c2cc(Cl)sc2Cl)c(Cl)c1. The lowest BCUT2D eigenvalue weighted by atomic mass is 10.1. The fourth-order valence-corrected chi connectivity index (χ4v) is 4.58. The van der Waals surface area contributed by atoms with Gasteiger partial charge in [0.05, 0.1) is 13.5 Å². The zero-order valence-corrected chi connectivity index (χ0v) is 13.5. The Morgan fingerprint density at radius 1 is 1.12 bits per heavy atom. The van der Waals surface area contributed by atoms with Gasteiger partial charge in [-0.05, 0) is 30.2 Å². The molecule has 0 saturated heterocycles. The molecule has 0 aliphatic carbocycles. The fourth-order valence-electron chi connectivity index (χ4n) is 1.53. The van der Waals surface area contributed by atoms with E-state index in [1.165, 1.54) is 11.3 Å². The molecule has 90 valence electrons. The van der Waals surface area contributed by atoms with Gasteiger partial charge in [-0.25, -0.2) is 0 Å². The molecule has 0 N–H and O–H groups in total. The summed E-state index contributed by atoms with van der Waals surface area (Å²) in [4.78, 5) is -0.0353. The average Bonchev–Trinajstić information content (AvgIpc) is 2.57. The standard InChI is InChI=1S/C12H8BrCl3S/c1-6-2-3-7(9(14)4-6)11(13)8-5-10(15)17-12(8)16/h2-5,11H,1H3. The molecule has 0 fully saturated rings. The van der Waals surface area contributed by atoms with Gasteiger partial charge in [-0.2, -0.15) is 0 Å². The van der Waals surface area contributed by atoms with Gasteiger partial charge >= 0.3 is 0 Å². The van der Waals surface area contributed by atoms with Gasteiger partial charge in [0.2, 0.25) is 0 Å². The van der Waals surface area contributed by atoms with Crippen LogP contribution in [0.5, 0.6) is 0 Å². The molecular formula is C12H8BrCl3S. The first kappa shape index (κ1) is 13.7. The van der Waals surface area contributed by atoms with E-state index in [1.807, 2.05) is 31.2 Å². The van der Waals surface area contributed by atoms with Crippen molar-refractivity contribution < 1.29 is 0 Å². The van der Waals surface area contributed by atoms with Crippen LogP contribution >= 0.6 is 62.1 Å². The van der Waals surface area contributed by atoms with Crippen LogP contribution in [0.15, 0.2) is 24.3 Å². The minimum atomic E-state index is -0.0353. The zero-order valence-electron chi connectivity index (χ0n) is 8.81. The van der Waals surface area contributed by atoms with E-state index in [4.69, 9.17) is 34.8 Å². The molecule has 0 radical (unpaired) electrons. The summed E-state index contributed by atoms with van der Waals surface area (Å²) in [7, 11) is 0. The van der Waals surface area contributed by atoms with Crippen LogP contribution < -0.4 is 0 Å². The Balaban J connectivity index is 2.43. The maximum Gasteiger partial charge on any atom is 0.0990 e. The van der Waals surface area contributed by atoms with E-state index in [0.29, 0.717) is 8.67 Å². The van der Waals surface area contributed by atoms with E-state index in [2.05, 4.69) is 15.9 Å². The largest absolute Gasteiger partial charge is 0.111 e. The van der Waals surface area contributed by atoms with Gasteiger partial charge in [0, 0.05) is 10.6 Å². The average molecular weight is 371 g/mol. The first-order valence-electron chi connectivity index (χ1n) is 4.84. The molecule has 0 aliphatic rings. The minimum absolute atomic E-state index is 0.0353. The summed E-state index contributed by atoms with van der Waals surface area (Å²) in [6, 6.07) is 7.83. The number of thiophene rings is 1. The quantitative estimate of drug-likeness (QED) is 0.529. The van der Waals surface area contributed by atoms with Gasteiger partial charge in [-0.3, -0.25) is 0 Å². The molecule has 1 atom stereocenters. The Kier molecular flexibility index (Phi) is 4.43. The van der Waals surface area contributed by atoms with Gasteiger partial charge < -0.3 is 0 Å². The Hall–Kier alpha value is 0.270. The van der Waals surface area contributed by atoms with Gasteiger partial charge in [-0.1, -0.05) is 62.9 Å². The van der Waals surface area contributed by atoms with E-state index in [0.717, 1.165) is 21.7 Å². The Bertz CT molecular complexity index is 551. The highest BCUT2D eigenvalue weighted by atomic mass is 79.9. The first-order valence-corrected chi connectivity index (χ1v) is 7.70. The number of halogens is 4. The van der Waals surface area contributed by atoms with Crippen molar-refractivity contribution >= 4 is 62.1 Å². The van der Waals surface area contributed by atoms with E-state index < -0.39 is 0 Å². The van der Waals surface area contributed by atoms with E-state index in [-0.39, 0.29) is 4.83 Å². The predicted octanol–water partition coefficient (Wildman–Crippen LogP) is 6.50. The second-order valence-electron chi connectivity index (χ2n) is 3.67. The van der Waals surface area contributed by atoms with Gasteiger partial charge in [-0.15, -0.1) is 11.3 Å². The van der Waals surface area contributed by atoms with Crippen LogP contribution in [0.4, 0.5) is 0 Å². The van der Waals surface area contributed by atoms with Crippen LogP contribution in [0.25, 0.3) is 0 Å². The van der Waals surface area contributed by atoms with Gasteiger partial charge in [0.1, 0.15) is 0 Å². The highest BCUT2D eigenvalue weighted by molar-refractivity contribution is 9.09. The van der Waals surface area contributed by atoms with E-state index >= 15 is 0 Å². The van der Waals surface area contributed by atoms with Crippen LogP contribution in [0, 0.1) is 6.92 Å². The summed E-state index contributed by atoms with van der Waals surface area (Å²) >= 11 is 23.3. The van der Waals surface area contributed by atoms with Crippen LogP contribution in [0.2, 0.25) is 13.7 Å². The predicted molar refractivity (Wildman–Crippen MR) is 81.3 cm³/mol. The summed E-state index contributed by atoms with van der Waals surface area (Å²) in [6.45, 7) is 2.01. The van der Waals surface area contributed by atoms with Gasteiger partial charge in [0.25, 0.3) is 0 Å². The molecule has 0 nitrogen and oxygen atoms in total. The van der Waals surface area contributed by atoms with Crippen molar-refractivity contribution in [2.24, 2.45) is 0 Å². The van der Waals surface area contributed by atoms with Crippen molar-refractivity contribution in [3.63, 3.8) is 0 Å². The summed E-state index contributed by atoms with van der Waals surface area (Å²) < 4.78 is 1.37. The van der Waals surface area contributed by atoms with Crippen molar-refractivity contribution in [2.45, 2.75) is 11.8 Å². The number of aryl methyl sites for hydroxylation is 1. The van der Waals surface area contributed by atoms with Gasteiger partial charge in [0.15, 0.2) is 0 Å². The molecule has 0 saturated carbocycles. The fraction of sp³-hybridized carbons (Fsp3) is 0.167. The molecular weight excluding hydrogens is 362 g/mol. The van der Waals surface area contributed by atoms with Crippen molar-refractivity contribution in [1.82, 2.24) is 0 Å². The van der Waals surface area contributed by atoms with Crippen molar-refractivity contribution in [3.8, 4) is 0 Å². The third-order valence-corrected chi connectivity index (χ3v) is 5.22.